The highest BCUT2D eigenvalue weighted by atomic mass is 19.1. The molecular weight excluding hydrogens is 548 g/mol. The molecule has 3 aromatic rings. The van der Waals surface area contributed by atoms with E-state index >= 15 is 0 Å². The summed E-state index contributed by atoms with van der Waals surface area (Å²) in [4.78, 5) is 28.7. The molecule has 1 aliphatic heterocycles. The van der Waals surface area contributed by atoms with Crippen LogP contribution in [0, 0.1) is 18.6 Å². The second kappa shape index (κ2) is 15.0. The summed E-state index contributed by atoms with van der Waals surface area (Å²) in [6, 6.07) is 16.3. The number of benzene rings is 3. The van der Waals surface area contributed by atoms with Crippen LogP contribution in [0.25, 0.3) is 5.57 Å². The van der Waals surface area contributed by atoms with Crippen LogP contribution in [-0.4, -0.2) is 55.6 Å². The molecule has 228 valence electrons. The average Bonchev–Trinajstić information content (AvgIpc) is 3.42. The quantitative estimate of drug-likeness (QED) is 0.237. The highest BCUT2D eigenvalue weighted by Gasteiger charge is 2.30. The molecule has 0 bridgehead atoms. The number of hydrogen-bond donors (Lipinski definition) is 2. The fourth-order valence-electron chi connectivity index (χ4n) is 5.64. The van der Waals surface area contributed by atoms with E-state index in [9.17, 15) is 18.4 Å². The van der Waals surface area contributed by atoms with E-state index in [4.69, 9.17) is 4.74 Å². The number of nitrogens with zero attached hydrogens (tertiary/aromatic N) is 1. The summed E-state index contributed by atoms with van der Waals surface area (Å²) in [5, 5.41) is 6.46. The molecule has 1 heterocycles. The van der Waals surface area contributed by atoms with Crippen LogP contribution in [0.5, 0.6) is 0 Å². The number of halogens is 2. The number of ether oxygens (including phenoxy) is 1. The monoisotopic (exact) mass is 589 g/mol. The van der Waals surface area contributed by atoms with Crippen LogP contribution in [0.1, 0.15) is 69.2 Å². The maximum atomic E-state index is 14.0. The molecule has 0 radical (unpaired) electrons. The zero-order chi connectivity index (χ0) is 30.9. The Hall–Kier alpha value is -3.88. The zero-order valence-corrected chi connectivity index (χ0v) is 25.2. The molecular formula is C35H41F2N3O3. The number of carbonyl (C=O) groups is 2. The van der Waals surface area contributed by atoms with Crippen molar-refractivity contribution < 1.29 is 23.1 Å². The van der Waals surface area contributed by atoms with E-state index in [0.717, 1.165) is 41.2 Å². The van der Waals surface area contributed by atoms with E-state index in [1.807, 2.05) is 36.9 Å². The van der Waals surface area contributed by atoms with E-state index in [0.29, 0.717) is 49.4 Å². The van der Waals surface area contributed by atoms with Crippen LogP contribution >= 0.6 is 0 Å². The summed E-state index contributed by atoms with van der Waals surface area (Å²) in [5.74, 6) is -1.79. The van der Waals surface area contributed by atoms with Crippen LogP contribution in [0.2, 0.25) is 0 Å². The third-order valence-electron chi connectivity index (χ3n) is 7.74. The van der Waals surface area contributed by atoms with E-state index < -0.39 is 17.7 Å². The third-order valence-corrected chi connectivity index (χ3v) is 7.74. The molecule has 0 aliphatic carbocycles. The number of likely N-dealkylation sites (tertiary alicyclic amines) is 1. The van der Waals surface area contributed by atoms with Gasteiger partial charge in [0.05, 0.1) is 12.6 Å². The van der Waals surface area contributed by atoms with Crippen LogP contribution < -0.4 is 10.6 Å². The molecule has 4 rings (SSSR count). The smallest absolute Gasteiger partial charge is 0.254 e. The fraction of sp³-hybridized carbons (Fsp3) is 0.371. The van der Waals surface area contributed by atoms with Gasteiger partial charge in [0.1, 0.15) is 11.6 Å². The molecule has 2 N–H and O–H groups in total. The molecule has 8 heteroatoms. The molecule has 1 saturated heterocycles. The van der Waals surface area contributed by atoms with Crippen molar-refractivity contribution in [3.8, 4) is 0 Å². The maximum absolute atomic E-state index is 14.0. The standard InChI is InChI=1S/C35H41F2N3O3/c1-23(2)27-8-5-7-25(15-27)21-38-11-10-32(18-26-16-30(36)20-31(37)17-26)39-34(41)28-13-24(3)14-29(19-28)35(42)40-12-6-9-33(40)22-43-4/h5,7-8,13-17,19-20,32-33,38H,1,6,9-12,18,21-22H2,2-4H3,(H,39,41)/t32-,33-/m1/s1. The van der Waals surface area contributed by atoms with Gasteiger partial charge in [0, 0.05) is 43.4 Å². The number of methoxy groups -OCH3 is 1. The van der Waals surface area contributed by atoms with Crippen LogP contribution in [0.15, 0.2) is 67.2 Å². The first kappa shape index (κ1) is 32.0. The highest BCUT2D eigenvalue weighted by molar-refractivity contribution is 6.00. The van der Waals surface area contributed by atoms with Crippen LogP contribution in [0.3, 0.4) is 0 Å². The van der Waals surface area contributed by atoms with Crippen molar-refractivity contribution in [1.29, 1.82) is 0 Å². The van der Waals surface area contributed by atoms with Gasteiger partial charge in [-0.05, 0) is 98.7 Å². The topological polar surface area (TPSA) is 70.7 Å². The van der Waals surface area contributed by atoms with E-state index in [1.54, 1.807) is 25.3 Å². The van der Waals surface area contributed by atoms with Gasteiger partial charge in [0.15, 0.2) is 0 Å². The van der Waals surface area contributed by atoms with Gasteiger partial charge in [-0.1, -0.05) is 36.4 Å². The minimum atomic E-state index is -0.661. The first-order chi connectivity index (χ1) is 20.6. The lowest BCUT2D eigenvalue weighted by molar-refractivity contribution is 0.0630. The van der Waals surface area contributed by atoms with Crippen LogP contribution in [-0.2, 0) is 17.7 Å². The molecule has 0 saturated carbocycles. The lowest BCUT2D eigenvalue weighted by Crippen LogP contribution is -2.39. The fourth-order valence-corrected chi connectivity index (χ4v) is 5.64. The Kier molecular flexibility index (Phi) is 11.2. The number of rotatable bonds is 13. The average molecular weight is 590 g/mol. The van der Waals surface area contributed by atoms with Gasteiger partial charge >= 0.3 is 0 Å². The Balaban J connectivity index is 1.47. The Bertz CT molecular complexity index is 1440. The molecule has 0 spiro atoms. The highest BCUT2D eigenvalue weighted by Crippen LogP contribution is 2.22. The molecule has 1 fully saturated rings. The molecule has 0 unspecified atom stereocenters. The van der Waals surface area contributed by atoms with Crippen molar-refractivity contribution >= 4 is 17.4 Å². The van der Waals surface area contributed by atoms with Gasteiger partial charge in [-0.25, -0.2) is 8.78 Å². The molecule has 2 atom stereocenters. The van der Waals surface area contributed by atoms with Crippen molar-refractivity contribution in [2.75, 3.05) is 26.8 Å². The summed E-state index contributed by atoms with van der Waals surface area (Å²) < 4.78 is 33.2. The van der Waals surface area contributed by atoms with E-state index in [-0.39, 0.29) is 24.3 Å². The van der Waals surface area contributed by atoms with Crippen molar-refractivity contribution in [2.45, 2.75) is 58.2 Å². The first-order valence-electron chi connectivity index (χ1n) is 14.8. The van der Waals surface area contributed by atoms with E-state index in [1.165, 1.54) is 12.1 Å². The number of hydrogen-bond acceptors (Lipinski definition) is 4. The number of aryl methyl sites for hydroxylation is 1. The normalized spacial score (nSPS) is 15.4. The predicted molar refractivity (Wildman–Crippen MR) is 166 cm³/mol. The number of carbonyl (C=O) groups excluding carboxylic acids is 2. The first-order valence-corrected chi connectivity index (χ1v) is 14.8. The Morgan fingerprint density at radius 2 is 1.77 bits per heavy atom. The lowest BCUT2D eigenvalue weighted by atomic mass is 10.0. The summed E-state index contributed by atoms with van der Waals surface area (Å²) in [6.07, 6.45) is 2.56. The summed E-state index contributed by atoms with van der Waals surface area (Å²) in [6.45, 7) is 10.1. The lowest BCUT2D eigenvalue weighted by Gasteiger charge is -2.24. The molecule has 0 aromatic heterocycles. The van der Waals surface area contributed by atoms with Crippen LogP contribution in [0.4, 0.5) is 8.78 Å². The van der Waals surface area contributed by atoms with Gasteiger partial charge in [0.25, 0.3) is 11.8 Å². The largest absolute Gasteiger partial charge is 0.383 e. The minimum absolute atomic E-state index is 0.0158. The van der Waals surface area contributed by atoms with Gasteiger partial charge in [-0.3, -0.25) is 9.59 Å². The zero-order valence-electron chi connectivity index (χ0n) is 25.2. The maximum Gasteiger partial charge on any atom is 0.254 e. The summed E-state index contributed by atoms with van der Waals surface area (Å²) in [7, 11) is 1.63. The van der Waals surface area contributed by atoms with Crippen molar-refractivity contribution in [2.24, 2.45) is 0 Å². The van der Waals surface area contributed by atoms with E-state index in [2.05, 4.69) is 23.3 Å². The molecule has 43 heavy (non-hydrogen) atoms. The minimum Gasteiger partial charge on any atom is -0.383 e. The SMILES string of the molecule is C=C(C)c1cccc(CNCC[C@H](Cc2cc(F)cc(F)c2)NC(=O)c2cc(C)cc(C(=O)N3CCC[C@@H]3COC)c2)c1. The molecule has 1 aliphatic rings. The Labute approximate surface area is 253 Å². The summed E-state index contributed by atoms with van der Waals surface area (Å²) in [5.41, 5.74) is 5.24. The number of allylic oxidation sites excluding steroid dienone is 1. The van der Waals surface area contributed by atoms with Crippen molar-refractivity contribution in [1.82, 2.24) is 15.5 Å². The molecule has 3 aromatic carbocycles. The molecule has 2 amide bonds. The Morgan fingerprint density at radius 1 is 1.02 bits per heavy atom. The summed E-state index contributed by atoms with van der Waals surface area (Å²) >= 11 is 0. The number of amides is 2. The number of nitrogens with one attached hydrogen (secondary N) is 2. The van der Waals surface area contributed by atoms with Gasteiger partial charge in [-0.15, -0.1) is 0 Å². The second-order valence-electron chi connectivity index (χ2n) is 11.4. The van der Waals surface area contributed by atoms with Crippen molar-refractivity contribution in [3.05, 3.63) is 112 Å². The van der Waals surface area contributed by atoms with Crippen molar-refractivity contribution in [3.63, 3.8) is 0 Å². The van der Waals surface area contributed by atoms with Gasteiger partial charge < -0.3 is 20.3 Å². The Morgan fingerprint density at radius 3 is 2.49 bits per heavy atom. The predicted octanol–water partition coefficient (Wildman–Crippen LogP) is 6.08. The third kappa shape index (κ3) is 9.05. The second-order valence-corrected chi connectivity index (χ2v) is 11.4. The van der Waals surface area contributed by atoms with Gasteiger partial charge in [0.2, 0.25) is 0 Å². The van der Waals surface area contributed by atoms with Gasteiger partial charge in [-0.2, -0.15) is 0 Å². The molecule has 6 nitrogen and oxygen atoms in total.